The number of hydrogen-bond donors (Lipinski definition) is 2. The quantitative estimate of drug-likeness (QED) is 0.359. The summed E-state index contributed by atoms with van der Waals surface area (Å²) in [5.41, 5.74) is 3.00. The predicted octanol–water partition coefficient (Wildman–Crippen LogP) is 5.41. The van der Waals surface area contributed by atoms with Gasteiger partial charge in [-0.3, -0.25) is 0 Å². The highest BCUT2D eigenvalue weighted by Crippen LogP contribution is 2.30. The minimum Gasteiger partial charge on any atom is -0.493 e. The van der Waals surface area contributed by atoms with Gasteiger partial charge in [-0.25, -0.2) is 19.2 Å². The van der Waals surface area contributed by atoms with Crippen LogP contribution in [0.5, 0.6) is 5.75 Å². The number of nitrogens with zero attached hydrogens (tertiary/aromatic N) is 3. The number of aromatic nitrogens is 3. The summed E-state index contributed by atoms with van der Waals surface area (Å²) in [6, 6.07) is 11.3. The smallest absolute Gasteiger partial charge is 0.339 e. The van der Waals surface area contributed by atoms with Crippen molar-refractivity contribution in [3.63, 3.8) is 0 Å². The number of nitrogens with one attached hydrogen (secondary N) is 1. The van der Waals surface area contributed by atoms with Gasteiger partial charge in [0.25, 0.3) is 0 Å². The van der Waals surface area contributed by atoms with E-state index in [9.17, 15) is 14.3 Å². The van der Waals surface area contributed by atoms with Crippen LogP contribution in [0.1, 0.15) is 23.0 Å². The molecule has 0 saturated heterocycles. The Kier molecular flexibility index (Phi) is 6.46. The third-order valence-corrected chi connectivity index (χ3v) is 5.58. The Balaban J connectivity index is 1.53. The van der Waals surface area contributed by atoms with Gasteiger partial charge in [-0.05, 0) is 44.2 Å². The molecule has 170 valence electrons. The number of aromatic carboxylic acids is 1. The van der Waals surface area contributed by atoms with Crippen LogP contribution >= 0.6 is 11.6 Å². The zero-order chi connectivity index (χ0) is 23.5. The van der Waals surface area contributed by atoms with Gasteiger partial charge in [0.05, 0.1) is 22.8 Å². The second kappa shape index (κ2) is 9.46. The lowest BCUT2D eigenvalue weighted by Gasteiger charge is -2.12. The van der Waals surface area contributed by atoms with Gasteiger partial charge in [0.2, 0.25) is 0 Å². The second-order valence-electron chi connectivity index (χ2n) is 7.39. The highest BCUT2D eigenvalue weighted by Gasteiger charge is 2.14. The number of ether oxygens (including phenoxy) is 1. The SMILES string of the molecule is CCOc1cc(-c2cc(NCCn3c(C)cc4c(F)ccc(Cl)c43)ncn2)ccc1C(=O)O. The van der Waals surface area contributed by atoms with Gasteiger partial charge in [0.1, 0.15) is 29.3 Å². The van der Waals surface area contributed by atoms with Gasteiger partial charge in [-0.2, -0.15) is 0 Å². The van der Waals surface area contributed by atoms with Crippen LogP contribution in [0.3, 0.4) is 0 Å². The third-order valence-electron chi connectivity index (χ3n) is 5.28. The standard InChI is InChI=1S/C24H22ClFN4O3/c1-3-33-21-11-15(4-5-16(21)24(31)32)20-12-22(29-13-28-20)27-8-9-30-14(2)10-17-19(26)7-6-18(25)23(17)30/h4-7,10-13H,3,8-9H2,1-2H3,(H,31,32)(H,27,28,29). The molecule has 0 aliphatic rings. The number of hydrogen-bond acceptors (Lipinski definition) is 5. The summed E-state index contributed by atoms with van der Waals surface area (Å²) in [6.07, 6.45) is 1.44. The van der Waals surface area contributed by atoms with Crippen molar-refractivity contribution in [2.75, 3.05) is 18.5 Å². The summed E-state index contributed by atoms with van der Waals surface area (Å²) in [4.78, 5) is 20.0. The molecule has 9 heteroatoms. The maximum atomic E-state index is 14.2. The molecule has 7 nitrogen and oxygen atoms in total. The Morgan fingerprint density at radius 1 is 1.21 bits per heavy atom. The lowest BCUT2D eigenvalue weighted by Crippen LogP contribution is -2.12. The molecule has 2 heterocycles. The molecule has 33 heavy (non-hydrogen) atoms. The lowest BCUT2D eigenvalue weighted by molar-refractivity contribution is 0.0692. The Morgan fingerprint density at radius 3 is 2.79 bits per heavy atom. The van der Waals surface area contributed by atoms with Crippen LogP contribution in [0.15, 0.2) is 48.8 Å². The van der Waals surface area contributed by atoms with Crippen molar-refractivity contribution in [3.8, 4) is 17.0 Å². The molecule has 0 aliphatic carbocycles. The van der Waals surface area contributed by atoms with Crippen LogP contribution in [0.25, 0.3) is 22.2 Å². The number of fused-ring (bicyclic) bond motifs is 1. The molecule has 2 N–H and O–H groups in total. The van der Waals surface area contributed by atoms with E-state index in [0.717, 1.165) is 5.69 Å². The highest BCUT2D eigenvalue weighted by molar-refractivity contribution is 6.35. The van der Waals surface area contributed by atoms with E-state index in [1.165, 1.54) is 18.5 Å². The fraction of sp³-hybridized carbons (Fsp3) is 0.208. The summed E-state index contributed by atoms with van der Waals surface area (Å²) in [5, 5.41) is 13.6. The molecule has 0 saturated carbocycles. The van der Waals surface area contributed by atoms with Crippen molar-refractivity contribution in [3.05, 3.63) is 70.9 Å². The molecule has 2 aromatic heterocycles. The van der Waals surface area contributed by atoms with Crippen LogP contribution in [0.4, 0.5) is 10.2 Å². The number of carboxylic acid groups (broad SMARTS) is 1. The van der Waals surface area contributed by atoms with E-state index < -0.39 is 5.97 Å². The van der Waals surface area contributed by atoms with Gasteiger partial charge in [0.15, 0.2) is 0 Å². The summed E-state index contributed by atoms with van der Waals surface area (Å²) in [5.74, 6) is -0.464. The summed E-state index contributed by atoms with van der Waals surface area (Å²) in [7, 11) is 0. The zero-order valence-electron chi connectivity index (χ0n) is 18.1. The average Bonchev–Trinajstić information content (AvgIpc) is 3.14. The van der Waals surface area contributed by atoms with Crippen molar-refractivity contribution in [1.82, 2.24) is 14.5 Å². The van der Waals surface area contributed by atoms with Crippen molar-refractivity contribution in [2.24, 2.45) is 0 Å². The van der Waals surface area contributed by atoms with E-state index in [1.807, 2.05) is 11.5 Å². The molecule has 0 atom stereocenters. The van der Waals surface area contributed by atoms with Gasteiger partial charge < -0.3 is 19.7 Å². The third kappa shape index (κ3) is 4.61. The summed E-state index contributed by atoms with van der Waals surface area (Å²) in [6.45, 7) is 5.13. The van der Waals surface area contributed by atoms with Crippen LogP contribution < -0.4 is 10.1 Å². The molecular formula is C24H22ClFN4O3. The molecular weight excluding hydrogens is 447 g/mol. The molecule has 4 aromatic rings. The molecule has 0 aliphatic heterocycles. The first-order valence-electron chi connectivity index (χ1n) is 10.4. The molecule has 0 spiro atoms. The molecule has 4 rings (SSSR count). The number of carboxylic acids is 1. The summed E-state index contributed by atoms with van der Waals surface area (Å²) < 4.78 is 21.6. The fourth-order valence-corrected chi connectivity index (χ4v) is 4.03. The molecule has 0 bridgehead atoms. The largest absolute Gasteiger partial charge is 0.493 e. The Morgan fingerprint density at radius 2 is 2.03 bits per heavy atom. The number of rotatable bonds is 8. The maximum Gasteiger partial charge on any atom is 0.339 e. The van der Waals surface area contributed by atoms with Crippen molar-refractivity contribution < 1.29 is 19.0 Å². The monoisotopic (exact) mass is 468 g/mol. The van der Waals surface area contributed by atoms with Crippen LogP contribution in [0, 0.1) is 12.7 Å². The first-order chi connectivity index (χ1) is 15.9. The van der Waals surface area contributed by atoms with E-state index in [0.29, 0.717) is 52.7 Å². The minimum atomic E-state index is -1.05. The zero-order valence-corrected chi connectivity index (χ0v) is 18.9. The Labute approximate surface area is 194 Å². The topological polar surface area (TPSA) is 89.3 Å². The van der Waals surface area contributed by atoms with Gasteiger partial charge in [-0.1, -0.05) is 17.7 Å². The molecule has 0 unspecified atom stereocenters. The van der Waals surface area contributed by atoms with Crippen molar-refractivity contribution in [1.29, 1.82) is 0 Å². The van der Waals surface area contributed by atoms with E-state index in [4.69, 9.17) is 16.3 Å². The first kappa shape index (κ1) is 22.5. The van der Waals surface area contributed by atoms with Crippen molar-refractivity contribution >= 4 is 34.3 Å². The van der Waals surface area contributed by atoms with Gasteiger partial charge >= 0.3 is 5.97 Å². The number of halogens is 2. The van der Waals surface area contributed by atoms with Gasteiger partial charge in [-0.15, -0.1) is 0 Å². The van der Waals surface area contributed by atoms with E-state index in [-0.39, 0.29) is 17.1 Å². The molecule has 0 fully saturated rings. The number of aryl methyl sites for hydroxylation is 1. The normalized spacial score (nSPS) is 11.0. The van der Waals surface area contributed by atoms with Crippen molar-refractivity contribution in [2.45, 2.75) is 20.4 Å². The highest BCUT2D eigenvalue weighted by atomic mass is 35.5. The van der Waals surface area contributed by atoms with Gasteiger partial charge in [0, 0.05) is 35.8 Å². The Hall–Kier alpha value is -3.65. The molecule has 0 radical (unpaired) electrons. The number of carbonyl (C=O) groups is 1. The predicted molar refractivity (Wildman–Crippen MR) is 126 cm³/mol. The fourth-order valence-electron chi connectivity index (χ4n) is 3.76. The second-order valence-corrected chi connectivity index (χ2v) is 7.80. The molecule has 2 aromatic carbocycles. The lowest BCUT2D eigenvalue weighted by atomic mass is 10.1. The number of anilines is 1. The van der Waals surface area contributed by atoms with E-state index >= 15 is 0 Å². The van der Waals surface area contributed by atoms with E-state index in [2.05, 4.69) is 15.3 Å². The summed E-state index contributed by atoms with van der Waals surface area (Å²) >= 11 is 6.32. The maximum absolute atomic E-state index is 14.2. The van der Waals surface area contributed by atoms with E-state index in [1.54, 1.807) is 37.3 Å². The average molecular weight is 469 g/mol. The molecule has 0 amide bonds. The number of benzene rings is 2. The minimum absolute atomic E-state index is 0.0948. The van der Waals surface area contributed by atoms with Crippen LogP contribution in [-0.2, 0) is 6.54 Å². The van der Waals surface area contributed by atoms with Crippen LogP contribution in [-0.4, -0.2) is 38.8 Å². The first-order valence-corrected chi connectivity index (χ1v) is 10.8. The van der Waals surface area contributed by atoms with Crippen LogP contribution in [0.2, 0.25) is 5.02 Å². The Bertz CT molecular complexity index is 1340.